The molecule has 11 heteroatoms. The third-order valence-corrected chi connectivity index (χ3v) is 6.04. The van der Waals surface area contributed by atoms with E-state index < -0.39 is 23.1 Å². The van der Waals surface area contributed by atoms with Crippen molar-refractivity contribution in [2.24, 2.45) is 0 Å². The first-order valence-corrected chi connectivity index (χ1v) is 11.9. The number of methoxy groups -OCH3 is 2. The monoisotopic (exact) mass is 544 g/mol. The first-order valence-electron chi connectivity index (χ1n) is 11.9. The Kier molecular flexibility index (Phi) is 7.11. The van der Waals surface area contributed by atoms with E-state index in [0.717, 1.165) is 6.07 Å². The van der Waals surface area contributed by atoms with Crippen LogP contribution in [0.2, 0.25) is 0 Å². The number of amides is 1. The molecule has 9 nitrogen and oxygen atoms in total. The summed E-state index contributed by atoms with van der Waals surface area (Å²) >= 11 is 0. The molecule has 1 amide bonds. The van der Waals surface area contributed by atoms with E-state index in [1.54, 1.807) is 19.1 Å². The maximum absolute atomic E-state index is 15.0. The Labute approximate surface area is 226 Å². The van der Waals surface area contributed by atoms with Crippen molar-refractivity contribution in [1.29, 1.82) is 0 Å². The summed E-state index contributed by atoms with van der Waals surface area (Å²) in [6.07, 6.45) is 1.48. The van der Waals surface area contributed by atoms with Crippen molar-refractivity contribution in [2.75, 3.05) is 19.5 Å². The largest absolute Gasteiger partial charge is 0.491 e. The zero-order chi connectivity index (χ0) is 28.4. The number of pyridine rings is 3. The van der Waals surface area contributed by atoms with Gasteiger partial charge in [0.05, 0.1) is 19.7 Å². The van der Waals surface area contributed by atoms with E-state index in [1.807, 2.05) is 0 Å². The highest BCUT2D eigenvalue weighted by Crippen LogP contribution is 2.35. The van der Waals surface area contributed by atoms with Crippen molar-refractivity contribution in [3.05, 3.63) is 106 Å². The lowest BCUT2D eigenvalue weighted by Crippen LogP contribution is -2.29. The van der Waals surface area contributed by atoms with Crippen molar-refractivity contribution in [1.82, 2.24) is 14.5 Å². The second-order valence-corrected chi connectivity index (χ2v) is 8.58. The van der Waals surface area contributed by atoms with Gasteiger partial charge in [0.25, 0.3) is 17.3 Å². The summed E-state index contributed by atoms with van der Waals surface area (Å²) in [6, 6.07) is 15.3. The van der Waals surface area contributed by atoms with E-state index in [0.29, 0.717) is 28.2 Å². The van der Waals surface area contributed by atoms with Crippen LogP contribution in [0, 0.1) is 18.6 Å². The number of aryl methyl sites for hydroxylation is 1. The summed E-state index contributed by atoms with van der Waals surface area (Å²) in [6.45, 7) is 1.69. The molecule has 5 rings (SSSR count). The van der Waals surface area contributed by atoms with Gasteiger partial charge in [-0.2, -0.15) is 0 Å². The van der Waals surface area contributed by atoms with Gasteiger partial charge in [-0.25, -0.2) is 13.8 Å². The predicted molar refractivity (Wildman–Crippen MR) is 144 cm³/mol. The Bertz CT molecular complexity index is 1810. The van der Waals surface area contributed by atoms with Gasteiger partial charge in [0.15, 0.2) is 23.1 Å². The van der Waals surface area contributed by atoms with Crippen LogP contribution in [0.3, 0.4) is 0 Å². The second-order valence-electron chi connectivity index (χ2n) is 8.58. The molecule has 3 aromatic heterocycles. The lowest BCUT2D eigenvalue weighted by molar-refractivity contribution is 0.102. The first-order chi connectivity index (χ1) is 19.3. The molecule has 0 saturated heterocycles. The first kappa shape index (κ1) is 26.3. The number of halogens is 2. The summed E-state index contributed by atoms with van der Waals surface area (Å²) in [5.74, 6) is -1.27. The molecular weight excluding hydrogens is 522 g/mol. The molecule has 1 N–H and O–H groups in total. The van der Waals surface area contributed by atoms with E-state index in [-0.39, 0.29) is 28.6 Å². The van der Waals surface area contributed by atoms with Crippen molar-refractivity contribution in [2.45, 2.75) is 6.92 Å². The van der Waals surface area contributed by atoms with Crippen LogP contribution in [-0.2, 0) is 0 Å². The Hall–Kier alpha value is -5.32. The van der Waals surface area contributed by atoms with Crippen molar-refractivity contribution in [3.8, 4) is 28.8 Å². The highest BCUT2D eigenvalue weighted by molar-refractivity contribution is 6.04. The average molecular weight is 545 g/mol. The molecule has 40 heavy (non-hydrogen) atoms. The van der Waals surface area contributed by atoms with Crippen LogP contribution in [-0.4, -0.2) is 34.7 Å². The SMILES string of the molecule is COc1cc2nccc(Oc3ccc(NC(=O)c4ccc(C)n(-c5ccc(F)cc5)c4=O)cc3F)c2nc1OC. The fraction of sp³-hybridized carbons (Fsp3) is 0.103. The molecule has 0 aliphatic rings. The number of benzene rings is 2. The molecule has 0 bridgehead atoms. The minimum atomic E-state index is -0.768. The number of carbonyl (C=O) groups excluding carboxylic acids is 1. The Morgan fingerprint density at radius 3 is 2.38 bits per heavy atom. The number of hydrogen-bond donors (Lipinski definition) is 1. The van der Waals surface area contributed by atoms with Crippen molar-refractivity contribution >= 4 is 22.6 Å². The minimum absolute atomic E-state index is 0.104. The Morgan fingerprint density at radius 2 is 1.68 bits per heavy atom. The summed E-state index contributed by atoms with van der Waals surface area (Å²) in [7, 11) is 2.91. The molecular formula is C29H22F2N4O5. The number of anilines is 1. The lowest BCUT2D eigenvalue weighted by atomic mass is 10.2. The summed E-state index contributed by atoms with van der Waals surface area (Å²) in [4.78, 5) is 34.7. The zero-order valence-corrected chi connectivity index (χ0v) is 21.6. The quantitative estimate of drug-likeness (QED) is 0.291. The van der Waals surface area contributed by atoms with Crippen LogP contribution in [0.1, 0.15) is 16.1 Å². The van der Waals surface area contributed by atoms with Gasteiger partial charge in [-0.3, -0.25) is 19.1 Å². The molecule has 5 aromatic rings. The fourth-order valence-electron chi connectivity index (χ4n) is 4.08. The van der Waals surface area contributed by atoms with E-state index >= 15 is 4.39 Å². The van der Waals surface area contributed by atoms with Gasteiger partial charge in [0.1, 0.15) is 16.9 Å². The van der Waals surface area contributed by atoms with Gasteiger partial charge in [-0.1, -0.05) is 0 Å². The van der Waals surface area contributed by atoms with Crippen LogP contribution >= 0.6 is 0 Å². The van der Waals surface area contributed by atoms with Crippen molar-refractivity contribution in [3.63, 3.8) is 0 Å². The van der Waals surface area contributed by atoms with Crippen LogP contribution < -0.4 is 25.1 Å². The van der Waals surface area contributed by atoms with Crippen LogP contribution in [0.25, 0.3) is 16.7 Å². The number of aromatic nitrogens is 3. The molecule has 0 unspecified atom stereocenters. The van der Waals surface area contributed by atoms with Gasteiger partial charge < -0.3 is 19.5 Å². The molecule has 0 aliphatic carbocycles. The number of hydrogen-bond acceptors (Lipinski definition) is 7. The average Bonchev–Trinajstić information content (AvgIpc) is 2.94. The van der Waals surface area contributed by atoms with E-state index in [2.05, 4.69) is 15.3 Å². The highest BCUT2D eigenvalue weighted by atomic mass is 19.1. The molecule has 0 fully saturated rings. The van der Waals surface area contributed by atoms with Gasteiger partial charge in [0.2, 0.25) is 0 Å². The maximum Gasteiger partial charge on any atom is 0.268 e. The Morgan fingerprint density at radius 1 is 0.900 bits per heavy atom. The fourth-order valence-corrected chi connectivity index (χ4v) is 4.08. The minimum Gasteiger partial charge on any atom is -0.491 e. The van der Waals surface area contributed by atoms with Crippen molar-refractivity contribution < 1.29 is 27.8 Å². The van der Waals surface area contributed by atoms with Crippen LogP contribution in [0.15, 0.2) is 77.7 Å². The smallest absolute Gasteiger partial charge is 0.268 e. The number of fused-ring (bicyclic) bond motifs is 1. The normalized spacial score (nSPS) is 10.8. The topological polar surface area (TPSA) is 105 Å². The summed E-state index contributed by atoms with van der Waals surface area (Å²) < 4.78 is 46.0. The number of rotatable bonds is 7. The predicted octanol–water partition coefficient (Wildman–Crippen LogP) is 5.43. The highest BCUT2D eigenvalue weighted by Gasteiger charge is 2.18. The number of ether oxygens (including phenoxy) is 3. The molecule has 0 saturated carbocycles. The molecule has 202 valence electrons. The van der Waals surface area contributed by atoms with Gasteiger partial charge in [0, 0.05) is 41.5 Å². The zero-order valence-electron chi connectivity index (χ0n) is 21.6. The Balaban J connectivity index is 1.40. The number of carbonyl (C=O) groups is 1. The molecule has 0 radical (unpaired) electrons. The maximum atomic E-state index is 15.0. The summed E-state index contributed by atoms with van der Waals surface area (Å²) in [5.41, 5.74) is 1.06. The molecule has 0 atom stereocenters. The second kappa shape index (κ2) is 10.8. The van der Waals surface area contributed by atoms with Crippen LogP contribution in [0.5, 0.6) is 23.1 Å². The van der Waals surface area contributed by atoms with E-state index in [9.17, 15) is 14.0 Å². The molecule has 0 aliphatic heterocycles. The third-order valence-electron chi connectivity index (χ3n) is 6.04. The standard InChI is InChI=1S/C29H22F2N4O5/c1-16-4-10-20(29(37)35(16)19-8-5-17(30)6-9-19)27(36)33-18-7-11-23(21(31)14-18)40-24-12-13-32-22-15-25(38-2)28(39-3)34-26(22)24/h4-15H,1-3H3,(H,33,36). The van der Waals surface area contributed by atoms with E-state index in [4.69, 9.17) is 14.2 Å². The number of nitrogens with zero attached hydrogens (tertiary/aromatic N) is 3. The van der Waals surface area contributed by atoms with Gasteiger partial charge in [-0.05, 0) is 55.5 Å². The van der Waals surface area contributed by atoms with Crippen LogP contribution in [0.4, 0.5) is 14.5 Å². The van der Waals surface area contributed by atoms with Gasteiger partial charge >= 0.3 is 0 Å². The number of nitrogens with one attached hydrogen (secondary N) is 1. The molecule has 0 spiro atoms. The molecule has 3 heterocycles. The summed E-state index contributed by atoms with van der Waals surface area (Å²) in [5, 5.41) is 2.53. The lowest BCUT2D eigenvalue weighted by Gasteiger charge is -2.13. The van der Waals surface area contributed by atoms with E-state index in [1.165, 1.54) is 73.5 Å². The van der Waals surface area contributed by atoms with Gasteiger partial charge in [-0.15, -0.1) is 0 Å². The molecule has 2 aromatic carbocycles. The third kappa shape index (κ3) is 5.04.